The first kappa shape index (κ1) is 22.7. The fraction of sp³-hybridized carbons (Fsp3) is 0.591. The van der Waals surface area contributed by atoms with E-state index in [0.717, 1.165) is 10.5 Å². The fourth-order valence-corrected chi connectivity index (χ4v) is 6.50. The van der Waals surface area contributed by atoms with Crippen LogP contribution in [0.25, 0.3) is 0 Å². The molecule has 1 aromatic carbocycles. The van der Waals surface area contributed by atoms with Crippen molar-refractivity contribution >= 4 is 27.7 Å². The highest BCUT2D eigenvalue weighted by atomic mass is 32.2. The Morgan fingerprint density at radius 1 is 1.12 bits per heavy atom. The summed E-state index contributed by atoms with van der Waals surface area (Å²) >= 11 is 0. The summed E-state index contributed by atoms with van der Waals surface area (Å²) in [6, 6.07) is 9.24. The van der Waals surface area contributed by atoms with Gasteiger partial charge in [-0.2, -0.15) is 0 Å². The number of sulfone groups is 1. The Hall–Kier alpha value is -2.46. The lowest BCUT2D eigenvalue weighted by atomic mass is 9.93. The summed E-state index contributed by atoms with van der Waals surface area (Å²) in [5.41, 5.74) is 0.0538. The van der Waals surface area contributed by atoms with Gasteiger partial charge in [0.2, 0.25) is 5.91 Å². The molecule has 3 fully saturated rings. The van der Waals surface area contributed by atoms with E-state index in [9.17, 15) is 22.8 Å². The third-order valence-corrected chi connectivity index (χ3v) is 8.54. The Morgan fingerprint density at radius 2 is 1.81 bits per heavy atom. The summed E-state index contributed by atoms with van der Waals surface area (Å²) in [6.07, 6.45) is 1.74. The number of urea groups is 1. The summed E-state index contributed by atoms with van der Waals surface area (Å²) in [5, 5.41) is 2.76. The Kier molecular flexibility index (Phi) is 6.26. The summed E-state index contributed by atoms with van der Waals surface area (Å²) in [7, 11) is -2.95. The third kappa shape index (κ3) is 4.80. The molecule has 10 heteroatoms. The van der Waals surface area contributed by atoms with Crippen molar-refractivity contribution in [3.63, 3.8) is 0 Å². The van der Waals surface area contributed by atoms with Crippen LogP contribution in [0.4, 0.5) is 4.79 Å². The van der Waals surface area contributed by atoms with Crippen molar-refractivity contribution in [3.8, 4) is 0 Å². The molecule has 0 aromatic heterocycles. The van der Waals surface area contributed by atoms with Gasteiger partial charge in [-0.05, 0) is 31.7 Å². The molecular formula is C22H30N4O5S. The number of aryl methyl sites for hydroxylation is 1. The van der Waals surface area contributed by atoms with Gasteiger partial charge in [0, 0.05) is 32.2 Å². The number of benzene rings is 1. The predicted molar refractivity (Wildman–Crippen MR) is 119 cm³/mol. The van der Waals surface area contributed by atoms with E-state index in [1.54, 1.807) is 11.8 Å². The van der Waals surface area contributed by atoms with Crippen molar-refractivity contribution in [1.29, 1.82) is 0 Å². The van der Waals surface area contributed by atoms with Crippen molar-refractivity contribution in [1.82, 2.24) is 20.0 Å². The zero-order valence-corrected chi connectivity index (χ0v) is 19.1. The van der Waals surface area contributed by atoms with Crippen LogP contribution < -0.4 is 5.32 Å². The second-order valence-corrected chi connectivity index (χ2v) is 11.3. The van der Waals surface area contributed by atoms with Crippen LogP contribution in [-0.4, -0.2) is 96.8 Å². The molecule has 32 heavy (non-hydrogen) atoms. The number of imide groups is 1. The summed E-state index contributed by atoms with van der Waals surface area (Å²) < 4.78 is 23.4. The van der Waals surface area contributed by atoms with Crippen LogP contribution in [0.3, 0.4) is 0 Å². The first-order valence-corrected chi connectivity index (χ1v) is 12.9. The zero-order valence-electron chi connectivity index (χ0n) is 18.3. The number of carbonyl (C=O) groups excluding carboxylic acids is 3. The fourth-order valence-electron chi connectivity index (χ4n) is 4.73. The highest BCUT2D eigenvalue weighted by Crippen LogP contribution is 2.24. The predicted octanol–water partition coefficient (Wildman–Crippen LogP) is 0.261. The third-order valence-electron chi connectivity index (χ3n) is 6.79. The van der Waals surface area contributed by atoms with Gasteiger partial charge in [0.15, 0.2) is 9.84 Å². The maximum atomic E-state index is 13.0. The lowest BCUT2D eigenvalue weighted by Gasteiger charge is -2.38. The molecule has 3 aliphatic rings. The SMILES string of the molecule is C[C@@]1(CCc2ccccc2)NC(=O)N(CC(=O)N2CCN([C@@H]3CCS(=O)(=O)C3)CC2)C1=O. The van der Waals surface area contributed by atoms with E-state index in [2.05, 4.69) is 10.2 Å². The largest absolute Gasteiger partial charge is 0.339 e. The Balaban J connectivity index is 1.29. The number of rotatable bonds is 6. The minimum Gasteiger partial charge on any atom is -0.339 e. The van der Waals surface area contributed by atoms with Gasteiger partial charge >= 0.3 is 6.03 Å². The monoisotopic (exact) mass is 462 g/mol. The lowest BCUT2D eigenvalue weighted by Crippen LogP contribution is -2.54. The van der Waals surface area contributed by atoms with E-state index < -0.39 is 21.4 Å². The minimum absolute atomic E-state index is 0.0218. The number of carbonyl (C=O) groups is 3. The minimum atomic E-state index is -2.95. The molecule has 174 valence electrons. The quantitative estimate of drug-likeness (QED) is 0.608. The van der Waals surface area contributed by atoms with Crippen LogP contribution in [0.15, 0.2) is 30.3 Å². The van der Waals surface area contributed by atoms with Crippen molar-refractivity contribution in [3.05, 3.63) is 35.9 Å². The highest BCUT2D eigenvalue weighted by molar-refractivity contribution is 7.91. The van der Waals surface area contributed by atoms with Crippen LogP contribution in [0.1, 0.15) is 25.3 Å². The maximum Gasteiger partial charge on any atom is 0.325 e. The number of piperazine rings is 1. The number of nitrogens with zero attached hydrogens (tertiary/aromatic N) is 3. The van der Waals surface area contributed by atoms with Gasteiger partial charge in [-0.1, -0.05) is 30.3 Å². The molecule has 4 amide bonds. The van der Waals surface area contributed by atoms with Gasteiger partial charge in [-0.25, -0.2) is 13.2 Å². The van der Waals surface area contributed by atoms with Crippen molar-refractivity contribution in [2.45, 2.75) is 37.8 Å². The summed E-state index contributed by atoms with van der Waals surface area (Å²) in [4.78, 5) is 43.0. The molecule has 3 aliphatic heterocycles. The van der Waals surface area contributed by atoms with E-state index >= 15 is 0 Å². The first-order chi connectivity index (χ1) is 15.2. The molecule has 0 unspecified atom stereocenters. The number of amides is 4. The number of nitrogens with one attached hydrogen (secondary N) is 1. The lowest BCUT2D eigenvalue weighted by molar-refractivity contribution is -0.140. The van der Waals surface area contributed by atoms with Crippen LogP contribution in [0.5, 0.6) is 0 Å². The van der Waals surface area contributed by atoms with Crippen molar-refractivity contribution < 1.29 is 22.8 Å². The average molecular weight is 463 g/mol. The number of hydrogen-bond acceptors (Lipinski definition) is 6. The zero-order chi connectivity index (χ0) is 22.9. The molecule has 2 atom stereocenters. The van der Waals surface area contributed by atoms with Gasteiger partial charge < -0.3 is 10.2 Å². The first-order valence-electron chi connectivity index (χ1n) is 11.1. The van der Waals surface area contributed by atoms with E-state index in [1.165, 1.54) is 0 Å². The van der Waals surface area contributed by atoms with Crippen LogP contribution in [-0.2, 0) is 25.8 Å². The standard InChI is InChI=1S/C22H30N4O5S/c1-22(9-7-17-5-3-2-4-6-17)20(28)26(21(29)23-22)15-19(27)25-12-10-24(11-13-25)18-8-14-32(30,31)16-18/h2-6,18H,7-16H2,1H3,(H,23,29)/t18-,22+/m1/s1. The molecule has 0 aliphatic carbocycles. The normalized spacial score (nSPS) is 28.2. The van der Waals surface area contributed by atoms with Gasteiger partial charge in [0.1, 0.15) is 12.1 Å². The van der Waals surface area contributed by atoms with Crippen LogP contribution in [0.2, 0.25) is 0 Å². The Morgan fingerprint density at radius 3 is 2.44 bits per heavy atom. The average Bonchev–Trinajstić information content (AvgIpc) is 3.25. The molecule has 0 saturated carbocycles. The second-order valence-electron chi connectivity index (χ2n) is 9.11. The summed E-state index contributed by atoms with van der Waals surface area (Å²) in [6.45, 7) is 3.55. The molecule has 3 saturated heterocycles. The molecule has 0 radical (unpaired) electrons. The smallest absolute Gasteiger partial charge is 0.325 e. The van der Waals surface area contributed by atoms with Crippen molar-refractivity contribution in [2.24, 2.45) is 0 Å². The van der Waals surface area contributed by atoms with Gasteiger partial charge in [0.25, 0.3) is 5.91 Å². The molecule has 1 aromatic rings. The van der Waals surface area contributed by atoms with E-state index in [4.69, 9.17) is 0 Å². The summed E-state index contributed by atoms with van der Waals surface area (Å²) in [5.74, 6) is -0.224. The molecule has 4 rings (SSSR count). The number of hydrogen-bond donors (Lipinski definition) is 1. The molecule has 3 heterocycles. The maximum absolute atomic E-state index is 13.0. The van der Waals surface area contributed by atoms with Crippen LogP contribution >= 0.6 is 0 Å². The molecular weight excluding hydrogens is 432 g/mol. The van der Waals surface area contributed by atoms with Gasteiger partial charge in [0.05, 0.1) is 11.5 Å². The molecule has 0 bridgehead atoms. The van der Waals surface area contributed by atoms with E-state index in [-0.39, 0.29) is 35.9 Å². The highest BCUT2D eigenvalue weighted by Gasteiger charge is 2.48. The molecule has 0 spiro atoms. The van der Waals surface area contributed by atoms with Crippen molar-refractivity contribution in [2.75, 3.05) is 44.2 Å². The molecule has 1 N–H and O–H groups in total. The van der Waals surface area contributed by atoms with E-state index in [0.29, 0.717) is 45.4 Å². The second kappa shape index (κ2) is 8.82. The topological polar surface area (TPSA) is 107 Å². The van der Waals surface area contributed by atoms with Gasteiger partial charge in [-0.3, -0.25) is 19.4 Å². The van der Waals surface area contributed by atoms with Crippen LogP contribution in [0, 0.1) is 0 Å². The Bertz CT molecular complexity index is 991. The Labute approximate surface area is 188 Å². The van der Waals surface area contributed by atoms with Gasteiger partial charge in [-0.15, -0.1) is 0 Å². The van der Waals surface area contributed by atoms with E-state index in [1.807, 2.05) is 30.3 Å². The molecule has 9 nitrogen and oxygen atoms in total.